The summed E-state index contributed by atoms with van der Waals surface area (Å²) < 4.78 is 0. The van der Waals surface area contributed by atoms with Crippen LogP contribution >= 0.6 is 0 Å². The van der Waals surface area contributed by atoms with Gasteiger partial charge in [0.2, 0.25) is 0 Å². The highest BCUT2D eigenvalue weighted by Crippen LogP contribution is 2.04. The first-order valence-corrected chi connectivity index (χ1v) is 4.63. The molecule has 12 heavy (non-hydrogen) atoms. The van der Waals surface area contributed by atoms with E-state index in [0.29, 0.717) is 13.1 Å². The van der Waals surface area contributed by atoms with E-state index in [4.69, 9.17) is 0 Å². The molecule has 0 aliphatic rings. The van der Waals surface area contributed by atoms with Crippen LogP contribution in [-0.2, 0) is 14.6 Å². The lowest BCUT2D eigenvalue weighted by Gasteiger charge is -1.99. The molecule has 0 saturated heterocycles. The minimum absolute atomic E-state index is 0.303. The summed E-state index contributed by atoms with van der Waals surface area (Å²) in [6.07, 6.45) is 7.25. The van der Waals surface area contributed by atoms with E-state index >= 15 is 0 Å². The quantitative estimate of drug-likeness (QED) is 0.233. The molecule has 0 aliphatic heterocycles. The predicted octanol–water partition coefficient (Wildman–Crippen LogP) is 2.45. The Morgan fingerprint density at radius 2 is 1.75 bits per heavy atom. The smallest absolute Gasteiger partial charge is 0.302 e. The minimum Gasteiger partial charge on any atom is -0.302 e. The molecule has 0 aromatic rings. The summed E-state index contributed by atoms with van der Waals surface area (Å²) in [7, 11) is 0. The van der Waals surface area contributed by atoms with E-state index in [9.17, 15) is 4.79 Å². The maximum Gasteiger partial charge on any atom is 0.330 e. The number of rotatable bonds is 9. The van der Waals surface area contributed by atoms with Gasteiger partial charge in [0.05, 0.1) is 6.61 Å². The van der Waals surface area contributed by atoms with Crippen molar-refractivity contribution in [3.8, 4) is 0 Å². The van der Waals surface area contributed by atoms with E-state index in [1.54, 1.807) is 0 Å². The number of hydrogen-bond acceptors (Lipinski definition) is 3. The molecule has 0 bridgehead atoms. The van der Waals surface area contributed by atoms with Gasteiger partial charge < -0.3 is 4.89 Å². The van der Waals surface area contributed by atoms with Crippen LogP contribution in [-0.4, -0.2) is 13.1 Å². The third-order valence-corrected chi connectivity index (χ3v) is 1.69. The molecule has 0 radical (unpaired) electrons. The van der Waals surface area contributed by atoms with E-state index in [-0.39, 0.29) is 0 Å². The van der Waals surface area contributed by atoms with Crippen LogP contribution in [0, 0.1) is 0 Å². The third kappa shape index (κ3) is 9.43. The molecule has 0 aromatic carbocycles. The van der Waals surface area contributed by atoms with Crippen LogP contribution in [0.5, 0.6) is 0 Å². The van der Waals surface area contributed by atoms with Gasteiger partial charge in [-0.1, -0.05) is 39.0 Å². The molecule has 0 saturated carbocycles. The van der Waals surface area contributed by atoms with Gasteiger partial charge in [0.25, 0.3) is 0 Å². The molecular formula is C9H18O3. The maximum atomic E-state index is 9.63. The van der Waals surface area contributed by atoms with Crippen LogP contribution in [0.2, 0.25) is 0 Å². The Balaban J connectivity index is 2.77. The SMILES string of the molecule is CCCCCCCCOOC=O. The zero-order valence-electron chi connectivity index (χ0n) is 7.75. The summed E-state index contributed by atoms with van der Waals surface area (Å²) in [6, 6.07) is 0. The fourth-order valence-corrected chi connectivity index (χ4v) is 1.02. The van der Waals surface area contributed by atoms with Gasteiger partial charge in [0, 0.05) is 0 Å². The Labute approximate surface area is 74.0 Å². The second-order valence-corrected chi connectivity index (χ2v) is 2.78. The first-order valence-electron chi connectivity index (χ1n) is 4.63. The third-order valence-electron chi connectivity index (χ3n) is 1.69. The molecule has 3 nitrogen and oxygen atoms in total. The molecule has 0 rings (SSSR count). The molecular weight excluding hydrogens is 156 g/mol. The van der Waals surface area contributed by atoms with Gasteiger partial charge in [0.1, 0.15) is 0 Å². The molecule has 0 spiro atoms. The van der Waals surface area contributed by atoms with Crippen molar-refractivity contribution in [1.29, 1.82) is 0 Å². The van der Waals surface area contributed by atoms with E-state index < -0.39 is 0 Å². The average Bonchev–Trinajstić information content (AvgIpc) is 2.10. The van der Waals surface area contributed by atoms with E-state index in [0.717, 1.165) is 12.8 Å². The van der Waals surface area contributed by atoms with Crippen LogP contribution in [0.15, 0.2) is 0 Å². The van der Waals surface area contributed by atoms with Crippen molar-refractivity contribution in [3.05, 3.63) is 0 Å². The predicted molar refractivity (Wildman–Crippen MR) is 46.5 cm³/mol. The molecule has 0 fully saturated rings. The summed E-state index contributed by atoms with van der Waals surface area (Å²) in [6.45, 7) is 3.02. The lowest BCUT2D eigenvalue weighted by atomic mass is 10.1. The van der Waals surface area contributed by atoms with Crippen molar-refractivity contribution in [2.75, 3.05) is 6.61 Å². The van der Waals surface area contributed by atoms with Gasteiger partial charge in [-0.15, -0.1) is 0 Å². The average molecular weight is 174 g/mol. The second kappa shape index (κ2) is 10.4. The largest absolute Gasteiger partial charge is 0.330 e. The highest BCUT2D eigenvalue weighted by molar-refractivity contribution is 5.35. The first-order chi connectivity index (χ1) is 5.91. The Kier molecular flexibility index (Phi) is 9.93. The number of unbranched alkanes of at least 4 members (excludes halogenated alkanes) is 5. The lowest BCUT2D eigenvalue weighted by Crippen LogP contribution is -1.94. The van der Waals surface area contributed by atoms with E-state index in [1.165, 1.54) is 25.7 Å². The molecule has 0 N–H and O–H groups in total. The van der Waals surface area contributed by atoms with Crippen molar-refractivity contribution in [2.45, 2.75) is 45.4 Å². The standard InChI is InChI=1S/C9H18O3/c1-2-3-4-5-6-7-8-11-12-9-10/h9H,2-8H2,1H3. The van der Waals surface area contributed by atoms with Crippen LogP contribution < -0.4 is 0 Å². The molecule has 0 heterocycles. The number of carbonyl (C=O) groups excluding carboxylic acids is 1. The minimum atomic E-state index is 0.303. The fraction of sp³-hybridized carbons (Fsp3) is 0.889. The maximum absolute atomic E-state index is 9.63. The van der Waals surface area contributed by atoms with Gasteiger partial charge in [0.15, 0.2) is 0 Å². The Bertz CT molecular complexity index is 93.8. The van der Waals surface area contributed by atoms with Crippen LogP contribution in [0.25, 0.3) is 0 Å². The zero-order valence-corrected chi connectivity index (χ0v) is 7.75. The van der Waals surface area contributed by atoms with Crippen molar-refractivity contribution < 1.29 is 14.6 Å². The monoisotopic (exact) mass is 174 g/mol. The van der Waals surface area contributed by atoms with Crippen LogP contribution in [0.3, 0.4) is 0 Å². The van der Waals surface area contributed by atoms with Crippen molar-refractivity contribution in [2.24, 2.45) is 0 Å². The topological polar surface area (TPSA) is 35.5 Å². The Morgan fingerprint density at radius 1 is 1.08 bits per heavy atom. The molecule has 0 unspecified atom stereocenters. The Morgan fingerprint density at radius 3 is 2.42 bits per heavy atom. The highest BCUT2D eigenvalue weighted by Gasteiger charge is 1.90. The normalized spacial score (nSPS) is 9.75. The van der Waals surface area contributed by atoms with Gasteiger partial charge in [-0.2, -0.15) is 4.89 Å². The van der Waals surface area contributed by atoms with Crippen molar-refractivity contribution in [1.82, 2.24) is 0 Å². The van der Waals surface area contributed by atoms with E-state index in [1.807, 2.05) is 0 Å². The Hall–Kier alpha value is -0.570. The molecule has 72 valence electrons. The molecule has 0 amide bonds. The summed E-state index contributed by atoms with van der Waals surface area (Å²) in [4.78, 5) is 18.2. The van der Waals surface area contributed by atoms with Crippen LogP contribution in [0.1, 0.15) is 45.4 Å². The zero-order chi connectivity index (χ0) is 9.07. The van der Waals surface area contributed by atoms with Gasteiger partial charge in [-0.05, 0) is 6.42 Å². The summed E-state index contributed by atoms with van der Waals surface area (Å²) in [5.74, 6) is 0. The number of hydrogen-bond donors (Lipinski definition) is 0. The lowest BCUT2D eigenvalue weighted by molar-refractivity contribution is -0.259. The molecule has 0 aromatic heterocycles. The summed E-state index contributed by atoms with van der Waals surface area (Å²) in [5, 5.41) is 0. The van der Waals surface area contributed by atoms with Gasteiger partial charge >= 0.3 is 6.47 Å². The van der Waals surface area contributed by atoms with Crippen molar-refractivity contribution in [3.63, 3.8) is 0 Å². The van der Waals surface area contributed by atoms with Gasteiger partial charge in [-0.25, -0.2) is 0 Å². The summed E-state index contributed by atoms with van der Waals surface area (Å²) >= 11 is 0. The molecule has 0 atom stereocenters. The molecule has 3 heteroatoms. The van der Waals surface area contributed by atoms with E-state index in [2.05, 4.69) is 16.7 Å². The highest BCUT2D eigenvalue weighted by atomic mass is 17.2. The second-order valence-electron chi connectivity index (χ2n) is 2.78. The molecule has 0 aliphatic carbocycles. The number of carbonyl (C=O) groups is 1. The van der Waals surface area contributed by atoms with Crippen molar-refractivity contribution >= 4 is 6.47 Å². The van der Waals surface area contributed by atoms with Gasteiger partial charge in [-0.3, -0.25) is 4.79 Å². The fourth-order valence-electron chi connectivity index (χ4n) is 1.02. The van der Waals surface area contributed by atoms with Crippen LogP contribution in [0.4, 0.5) is 0 Å². The first kappa shape index (κ1) is 11.4. The summed E-state index contributed by atoms with van der Waals surface area (Å²) in [5.41, 5.74) is 0.